The Balaban J connectivity index is 1.38. The molecule has 1 amide bonds. The fourth-order valence-corrected chi connectivity index (χ4v) is 4.75. The molecule has 4 heterocycles. The Labute approximate surface area is 212 Å². The van der Waals surface area contributed by atoms with Crippen LogP contribution in [-0.2, 0) is 6.18 Å². The Morgan fingerprint density at radius 3 is 2.59 bits per heavy atom. The number of nitrogens with zero attached hydrogens (tertiary/aromatic N) is 5. The van der Waals surface area contributed by atoms with Crippen LogP contribution < -0.4 is 10.2 Å². The molecule has 1 aliphatic heterocycles. The summed E-state index contributed by atoms with van der Waals surface area (Å²) >= 11 is 0. The number of amides is 1. The van der Waals surface area contributed by atoms with E-state index in [1.807, 2.05) is 15.8 Å². The van der Waals surface area contributed by atoms with Crippen molar-refractivity contribution in [3.8, 4) is 11.3 Å². The van der Waals surface area contributed by atoms with Crippen molar-refractivity contribution in [2.24, 2.45) is 5.92 Å². The van der Waals surface area contributed by atoms with E-state index in [2.05, 4.69) is 20.4 Å². The van der Waals surface area contributed by atoms with Gasteiger partial charge in [-0.3, -0.25) is 9.48 Å². The lowest BCUT2D eigenvalue weighted by atomic mass is 9.90. The fraction of sp³-hybridized carbons (Fsp3) is 0.462. The number of aliphatic hydroxyl groups is 1. The average molecular weight is 515 g/mol. The van der Waals surface area contributed by atoms with Gasteiger partial charge in [0.1, 0.15) is 5.69 Å². The predicted molar refractivity (Wildman–Crippen MR) is 132 cm³/mol. The van der Waals surface area contributed by atoms with Crippen molar-refractivity contribution in [3.63, 3.8) is 0 Å². The maximum Gasteiger partial charge on any atom is 0.435 e. The highest BCUT2D eigenvalue weighted by Crippen LogP contribution is 2.37. The topological polar surface area (TPSA) is 96.2 Å². The first-order chi connectivity index (χ1) is 17.5. The number of halogens is 3. The van der Waals surface area contributed by atoms with Gasteiger partial charge < -0.3 is 15.3 Å². The lowest BCUT2D eigenvalue weighted by Gasteiger charge is -2.26. The van der Waals surface area contributed by atoms with Gasteiger partial charge in [-0.05, 0) is 57.7 Å². The van der Waals surface area contributed by atoms with Crippen LogP contribution in [0, 0.1) is 5.92 Å². The maximum absolute atomic E-state index is 13.7. The zero-order chi connectivity index (χ0) is 26.4. The Bertz CT molecular complexity index is 1300. The zero-order valence-corrected chi connectivity index (χ0v) is 20.7. The smallest absolute Gasteiger partial charge is 0.390 e. The number of alkyl halides is 3. The molecular formula is C26H29F3N6O2. The minimum atomic E-state index is -4.76. The van der Waals surface area contributed by atoms with Crippen molar-refractivity contribution < 1.29 is 23.1 Å². The van der Waals surface area contributed by atoms with Crippen LogP contribution in [0.2, 0.25) is 0 Å². The summed E-state index contributed by atoms with van der Waals surface area (Å²) in [6.45, 7) is 4.48. The summed E-state index contributed by atoms with van der Waals surface area (Å²) in [5.41, 5.74) is -0.855. The zero-order valence-electron chi connectivity index (χ0n) is 20.7. The largest absolute Gasteiger partial charge is 0.435 e. The molecular weight excluding hydrogens is 485 g/mol. The molecule has 2 aliphatic rings. The first-order valence-corrected chi connectivity index (χ1v) is 12.4. The molecule has 1 atom stereocenters. The van der Waals surface area contributed by atoms with E-state index in [0.717, 1.165) is 24.6 Å². The van der Waals surface area contributed by atoms with Crippen molar-refractivity contribution in [2.45, 2.75) is 57.3 Å². The first-order valence-electron chi connectivity index (χ1n) is 12.4. The molecule has 0 spiro atoms. The van der Waals surface area contributed by atoms with Gasteiger partial charge in [-0.25, -0.2) is 9.97 Å². The number of hydrogen-bond acceptors (Lipinski definition) is 6. The van der Waals surface area contributed by atoms with Crippen molar-refractivity contribution in [1.82, 2.24) is 19.7 Å². The van der Waals surface area contributed by atoms with Gasteiger partial charge in [0.25, 0.3) is 5.91 Å². The van der Waals surface area contributed by atoms with Crippen molar-refractivity contribution in [2.75, 3.05) is 23.3 Å². The molecule has 37 heavy (non-hydrogen) atoms. The van der Waals surface area contributed by atoms with Gasteiger partial charge in [-0.1, -0.05) is 6.07 Å². The Morgan fingerprint density at radius 2 is 1.95 bits per heavy atom. The van der Waals surface area contributed by atoms with Gasteiger partial charge >= 0.3 is 6.18 Å². The molecule has 0 radical (unpaired) electrons. The van der Waals surface area contributed by atoms with E-state index in [1.165, 1.54) is 18.6 Å². The molecule has 0 unspecified atom stereocenters. The number of pyridine rings is 2. The van der Waals surface area contributed by atoms with E-state index >= 15 is 0 Å². The molecule has 196 valence electrons. The summed E-state index contributed by atoms with van der Waals surface area (Å²) < 4.78 is 43.1. The number of rotatable bonds is 6. The molecule has 3 aromatic heterocycles. The molecule has 2 fully saturated rings. The Morgan fingerprint density at radius 1 is 1.16 bits per heavy atom. The molecule has 3 aromatic rings. The second kappa shape index (κ2) is 9.44. The SMILES string of the molecule is CC(C)(O)[C@@H]1CCN(c2cnc(C(F)(F)F)c(NC(=O)c3cccc(-c4cnn(C5CCC5)c4)n3)c2)C1. The summed E-state index contributed by atoms with van der Waals surface area (Å²) in [5, 5.41) is 17.1. The van der Waals surface area contributed by atoms with Crippen LogP contribution in [-0.4, -0.2) is 49.5 Å². The lowest BCUT2D eigenvalue weighted by Crippen LogP contribution is -2.33. The summed E-state index contributed by atoms with van der Waals surface area (Å²) in [5.74, 6) is -0.804. The van der Waals surface area contributed by atoms with Crippen molar-refractivity contribution in [3.05, 3.63) is 54.2 Å². The van der Waals surface area contributed by atoms with E-state index in [0.29, 0.717) is 36.9 Å². The summed E-state index contributed by atoms with van der Waals surface area (Å²) in [6, 6.07) is 6.48. The number of hydrogen-bond donors (Lipinski definition) is 2. The molecule has 0 aromatic carbocycles. The lowest BCUT2D eigenvalue weighted by molar-refractivity contribution is -0.140. The third-order valence-corrected chi connectivity index (χ3v) is 7.27. The van der Waals surface area contributed by atoms with E-state index < -0.39 is 29.1 Å². The van der Waals surface area contributed by atoms with Crippen LogP contribution in [0.1, 0.15) is 61.8 Å². The van der Waals surface area contributed by atoms with Crippen LogP contribution in [0.4, 0.5) is 24.5 Å². The minimum Gasteiger partial charge on any atom is -0.390 e. The summed E-state index contributed by atoms with van der Waals surface area (Å²) in [7, 11) is 0. The molecule has 5 rings (SSSR count). The molecule has 1 aliphatic carbocycles. The van der Waals surface area contributed by atoms with E-state index in [9.17, 15) is 23.1 Å². The highest BCUT2D eigenvalue weighted by molar-refractivity contribution is 6.03. The minimum absolute atomic E-state index is 0.0179. The number of carbonyl (C=O) groups is 1. The van der Waals surface area contributed by atoms with Crippen LogP contribution in [0.15, 0.2) is 42.9 Å². The van der Waals surface area contributed by atoms with Crippen molar-refractivity contribution in [1.29, 1.82) is 0 Å². The number of nitrogens with one attached hydrogen (secondary N) is 1. The fourth-order valence-electron chi connectivity index (χ4n) is 4.75. The van der Waals surface area contributed by atoms with Crippen LogP contribution in [0.25, 0.3) is 11.3 Å². The van der Waals surface area contributed by atoms with E-state index in [-0.39, 0.29) is 11.6 Å². The molecule has 8 nitrogen and oxygen atoms in total. The van der Waals surface area contributed by atoms with Crippen molar-refractivity contribution >= 4 is 17.3 Å². The van der Waals surface area contributed by atoms with Gasteiger partial charge in [0.15, 0.2) is 5.69 Å². The van der Waals surface area contributed by atoms with E-state index in [1.54, 1.807) is 32.2 Å². The molecule has 1 saturated carbocycles. The second-order valence-corrected chi connectivity index (χ2v) is 10.3. The van der Waals surface area contributed by atoms with Gasteiger partial charge in [0, 0.05) is 30.8 Å². The maximum atomic E-state index is 13.7. The highest BCUT2D eigenvalue weighted by atomic mass is 19.4. The quantitative estimate of drug-likeness (QED) is 0.484. The molecule has 2 N–H and O–H groups in total. The van der Waals surface area contributed by atoms with Crippen LogP contribution in [0.3, 0.4) is 0 Å². The average Bonchev–Trinajstić information content (AvgIpc) is 3.48. The summed E-state index contributed by atoms with van der Waals surface area (Å²) in [4.78, 5) is 22.9. The van der Waals surface area contributed by atoms with Gasteiger partial charge in [0.2, 0.25) is 0 Å². The number of aromatic nitrogens is 4. The first kappa shape index (κ1) is 25.2. The second-order valence-electron chi connectivity index (χ2n) is 10.3. The van der Waals surface area contributed by atoms with Gasteiger partial charge in [0.05, 0.1) is 41.1 Å². The normalized spacial score (nSPS) is 18.6. The monoisotopic (exact) mass is 514 g/mol. The van der Waals surface area contributed by atoms with Crippen LogP contribution in [0.5, 0.6) is 0 Å². The van der Waals surface area contributed by atoms with E-state index in [4.69, 9.17) is 0 Å². The number of carbonyl (C=O) groups excluding carboxylic acids is 1. The van der Waals surface area contributed by atoms with Crippen LogP contribution >= 0.6 is 0 Å². The number of anilines is 2. The molecule has 1 saturated heterocycles. The highest BCUT2D eigenvalue weighted by Gasteiger charge is 2.38. The van der Waals surface area contributed by atoms with Gasteiger partial charge in [-0.15, -0.1) is 0 Å². The third-order valence-electron chi connectivity index (χ3n) is 7.27. The third kappa shape index (κ3) is 5.31. The molecule has 11 heteroatoms. The standard InChI is InChI=1S/C26H29F3N6O2/c1-25(2,37)17-9-10-34(15-17)19-11-22(23(30-13-19)26(27,28)29)33-24(36)21-8-4-7-20(32-21)16-12-31-35(14-16)18-5-3-6-18/h4,7-8,11-14,17-18,37H,3,5-6,9-10,15H2,1-2H3,(H,33,36)/t17-/m1/s1. The molecule has 0 bridgehead atoms. The predicted octanol–water partition coefficient (Wildman–Crippen LogP) is 4.93. The Hall–Kier alpha value is -3.47. The van der Waals surface area contributed by atoms with Gasteiger partial charge in [-0.2, -0.15) is 18.3 Å². The Kier molecular flexibility index (Phi) is 6.43. The summed E-state index contributed by atoms with van der Waals surface area (Å²) in [6.07, 6.45) is 3.95.